The lowest BCUT2D eigenvalue weighted by atomic mass is 9.98. The Bertz CT molecular complexity index is 5860. The normalized spacial score (nSPS) is 11.3. The van der Waals surface area contributed by atoms with Crippen LogP contribution in [0.4, 0.5) is 0 Å². The van der Waals surface area contributed by atoms with Gasteiger partial charge < -0.3 is 0 Å². The summed E-state index contributed by atoms with van der Waals surface area (Å²) in [5, 5.41) is 6.37. The molecule has 0 aliphatic carbocycles. The molecule has 15 nitrogen and oxygen atoms in total. The van der Waals surface area contributed by atoms with Crippen LogP contribution in [-0.2, 0) is 35.2 Å². The van der Waals surface area contributed by atoms with E-state index >= 15 is 0 Å². The van der Waals surface area contributed by atoms with Gasteiger partial charge in [-0.25, -0.2) is 4.98 Å². The number of hydrogen-bond acceptors (Lipinski definition) is 5. The van der Waals surface area contributed by atoms with E-state index in [2.05, 4.69) is 382 Å². The standard InChI is InChI=1S/C23H24N3.2C17H20N3.2C16H18N3/c1-15-9-8-10-16(2)23(15)20-13-17(3)22(14-24-20)26-21-12-7-6-11-19(21)18(4)25(26)5;1-11-10-12(2)18-13(3)17(11)20-16-9-7-6-8-15(16)14(4)19(20)5;1-12(2)16-17(13(3)9-10-18-16)20-15-8-6-5-7-14(15)11-19(20)4;1-11-9-12(2)17-10-16(11)19-15-8-6-5-7-14(15)13(3)18(19)4;1-11-9-10-17-12(2)16(11)19-15-8-6-5-7-14(15)13(3)18(19)4/h6-14H,1-5H3;6-10H,1-5H3;5-12H,1-4H3;2*5-10H,1-4H3/q5*+1. The molecular weight excluding hydrogens is 1280 g/mol. The second kappa shape index (κ2) is 29.8. The smallest absolute Gasteiger partial charge is 0.259 e. The monoisotopic (exact) mass is 1380 g/mol. The Morgan fingerprint density at radius 1 is 0.365 bits per heavy atom. The molecule has 6 aromatic carbocycles. The largest absolute Gasteiger partial charge is 0.260 e. The minimum absolute atomic E-state index is 0.395. The molecule has 0 radical (unpaired) electrons. The number of rotatable bonds is 7. The first-order chi connectivity index (χ1) is 49.8. The van der Waals surface area contributed by atoms with Crippen LogP contribution in [0.15, 0.2) is 201 Å². The third-order valence-electron chi connectivity index (χ3n) is 20.7. The highest BCUT2D eigenvalue weighted by molar-refractivity contribution is 5.82. The zero-order valence-corrected chi connectivity index (χ0v) is 64.8. The molecule has 0 amide bonds. The van der Waals surface area contributed by atoms with Gasteiger partial charge in [-0.15, -0.1) is 9.36 Å². The summed E-state index contributed by atoms with van der Waals surface area (Å²) in [6.07, 6.45) is 9.89. The van der Waals surface area contributed by atoms with Crippen LogP contribution in [0, 0.1) is 104 Å². The van der Waals surface area contributed by atoms with Crippen molar-refractivity contribution in [3.05, 3.63) is 291 Å². The summed E-state index contributed by atoms with van der Waals surface area (Å²) in [5.41, 5.74) is 33.3. The topological polar surface area (TPSA) is 108 Å². The van der Waals surface area contributed by atoms with Gasteiger partial charge in [-0.1, -0.05) is 111 Å². The SMILES string of the molecule is Cc1cc(-c2c(C)cccc2C)ncc1-[n+]1c2ccccc2c(C)n1C.Cc1cc(C)c(-[n+]2c3ccccc3c(C)n2C)c(C)n1.Cc1cc(C)c(-[n+]2c3ccccc3c(C)n2C)cn1.Cc1ccnc(C(C)C)c1-n1c2ccccc2c[n+]1C.Cc1ccnc(C)c1-[n+]1c2ccccc2c(C)n1C. The van der Waals surface area contributed by atoms with Gasteiger partial charge in [-0.3, -0.25) is 19.9 Å². The summed E-state index contributed by atoms with van der Waals surface area (Å²) in [4.78, 5) is 23.0. The van der Waals surface area contributed by atoms with Gasteiger partial charge in [0.25, 0.3) is 22.7 Å². The van der Waals surface area contributed by atoms with Crippen molar-refractivity contribution in [3.63, 3.8) is 0 Å². The summed E-state index contributed by atoms with van der Waals surface area (Å²) in [7, 11) is 10.5. The zero-order valence-electron chi connectivity index (χ0n) is 64.8. The molecule has 0 spiro atoms. The number of hydrogen-bond donors (Lipinski definition) is 0. The number of fused-ring (bicyclic) bond motifs is 5. The molecule has 16 aromatic rings. The lowest BCUT2D eigenvalue weighted by Gasteiger charge is -2.13. The number of aromatic nitrogens is 15. The summed E-state index contributed by atoms with van der Waals surface area (Å²) in [6.45, 7) is 36.2. The highest BCUT2D eigenvalue weighted by atomic mass is 15.4. The Hall–Kier alpha value is -11.6. The Morgan fingerprint density at radius 2 is 0.788 bits per heavy atom. The molecule has 0 saturated heterocycles. The molecule has 10 aromatic heterocycles. The summed E-state index contributed by atoms with van der Waals surface area (Å²) in [6, 6.07) is 59.5. The maximum Gasteiger partial charge on any atom is 0.260 e. The van der Waals surface area contributed by atoms with Gasteiger partial charge in [-0.05, 0) is 193 Å². The van der Waals surface area contributed by atoms with Crippen LogP contribution in [0.5, 0.6) is 0 Å². The van der Waals surface area contributed by atoms with E-state index in [0.717, 1.165) is 45.5 Å². The van der Waals surface area contributed by atoms with E-state index in [1.165, 1.54) is 139 Å². The number of benzene rings is 6. The van der Waals surface area contributed by atoms with E-state index in [0.29, 0.717) is 5.92 Å². The maximum atomic E-state index is 4.83. The van der Waals surface area contributed by atoms with E-state index < -0.39 is 0 Å². The van der Waals surface area contributed by atoms with Gasteiger partial charge >= 0.3 is 0 Å². The van der Waals surface area contributed by atoms with Gasteiger partial charge in [0.15, 0.2) is 7.05 Å². The molecular formula is C89H100N15+5. The second-order valence-corrected chi connectivity index (χ2v) is 28.2. The zero-order chi connectivity index (χ0) is 74.3. The highest BCUT2D eigenvalue weighted by Crippen LogP contribution is 2.30. The fraction of sp³-hybridized carbons (Fsp3) is 0.258. The van der Waals surface area contributed by atoms with E-state index in [-0.39, 0.29) is 0 Å². The molecule has 0 saturated carbocycles. The number of para-hydroxylation sites is 5. The van der Waals surface area contributed by atoms with Crippen molar-refractivity contribution >= 4 is 54.5 Å². The van der Waals surface area contributed by atoms with Crippen molar-refractivity contribution in [2.75, 3.05) is 0 Å². The number of pyridine rings is 5. The fourth-order valence-electron chi connectivity index (χ4n) is 15.1. The third kappa shape index (κ3) is 13.5. The molecule has 0 atom stereocenters. The number of nitrogens with zero attached hydrogens (tertiary/aromatic N) is 15. The molecule has 526 valence electrons. The second-order valence-electron chi connectivity index (χ2n) is 28.2. The molecule has 0 aliphatic heterocycles. The van der Waals surface area contributed by atoms with Gasteiger partial charge in [0.2, 0.25) is 28.3 Å². The molecule has 0 aliphatic rings. The van der Waals surface area contributed by atoms with E-state index in [9.17, 15) is 0 Å². The molecule has 10 heterocycles. The summed E-state index contributed by atoms with van der Waals surface area (Å²) >= 11 is 0. The molecule has 0 N–H and O–H groups in total. The quantitative estimate of drug-likeness (QED) is 0.148. The minimum Gasteiger partial charge on any atom is -0.259 e. The molecule has 0 unspecified atom stereocenters. The van der Waals surface area contributed by atoms with Crippen molar-refractivity contribution in [1.29, 1.82) is 0 Å². The third-order valence-corrected chi connectivity index (χ3v) is 20.7. The van der Waals surface area contributed by atoms with Crippen molar-refractivity contribution in [2.45, 2.75) is 124 Å². The Balaban J connectivity index is 0.000000123. The van der Waals surface area contributed by atoms with Crippen molar-refractivity contribution in [1.82, 2.24) is 48.3 Å². The highest BCUT2D eigenvalue weighted by Gasteiger charge is 2.30. The number of aryl methyl sites for hydroxylation is 16. The van der Waals surface area contributed by atoms with Gasteiger partial charge in [-0.2, -0.15) is 18.7 Å². The Morgan fingerprint density at radius 3 is 1.27 bits per heavy atom. The van der Waals surface area contributed by atoms with Crippen molar-refractivity contribution < 1.29 is 23.4 Å². The Labute approximate surface area is 612 Å². The first-order valence-corrected chi connectivity index (χ1v) is 35.9. The minimum atomic E-state index is 0.395. The summed E-state index contributed by atoms with van der Waals surface area (Å²) in [5.74, 6) is 0.395. The first kappa shape index (κ1) is 72.2. The summed E-state index contributed by atoms with van der Waals surface area (Å²) < 4.78 is 22.2. The van der Waals surface area contributed by atoms with Crippen LogP contribution in [0.25, 0.3) is 94.2 Å². The van der Waals surface area contributed by atoms with Gasteiger partial charge in [0.05, 0.1) is 89.3 Å². The van der Waals surface area contributed by atoms with Crippen molar-refractivity contribution in [2.24, 2.45) is 35.2 Å². The Kier molecular flexibility index (Phi) is 20.7. The van der Waals surface area contributed by atoms with E-state index in [1.807, 2.05) is 38.6 Å². The molecule has 104 heavy (non-hydrogen) atoms. The lowest BCUT2D eigenvalue weighted by molar-refractivity contribution is -0.742. The lowest BCUT2D eigenvalue weighted by Crippen LogP contribution is -2.41. The van der Waals surface area contributed by atoms with Crippen LogP contribution < -0.4 is 23.4 Å². The maximum absolute atomic E-state index is 4.83. The van der Waals surface area contributed by atoms with Crippen LogP contribution in [0.2, 0.25) is 0 Å². The predicted molar refractivity (Wildman–Crippen MR) is 422 cm³/mol. The van der Waals surface area contributed by atoms with Crippen LogP contribution >= 0.6 is 0 Å². The molecule has 0 bridgehead atoms. The van der Waals surface area contributed by atoms with Crippen LogP contribution in [-0.4, -0.2) is 48.3 Å². The molecule has 16 rings (SSSR count). The first-order valence-electron chi connectivity index (χ1n) is 35.9. The van der Waals surface area contributed by atoms with E-state index in [4.69, 9.17) is 4.98 Å². The fourth-order valence-corrected chi connectivity index (χ4v) is 15.1. The van der Waals surface area contributed by atoms with Crippen LogP contribution in [0.1, 0.15) is 110 Å². The molecule has 0 fully saturated rings. The predicted octanol–water partition coefficient (Wildman–Crippen LogP) is 16.7. The van der Waals surface area contributed by atoms with E-state index in [1.54, 1.807) is 0 Å². The average Bonchev–Trinajstić information content (AvgIpc) is 1.67. The molecule has 15 heteroatoms. The van der Waals surface area contributed by atoms with Gasteiger partial charge in [0, 0.05) is 75.9 Å². The van der Waals surface area contributed by atoms with Crippen molar-refractivity contribution in [3.8, 4) is 39.7 Å². The average molecular weight is 1380 g/mol. The van der Waals surface area contributed by atoms with Gasteiger partial charge in [0.1, 0.15) is 35.0 Å². The van der Waals surface area contributed by atoms with Crippen LogP contribution in [0.3, 0.4) is 0 Å².